The third-order valence-corrected chi connectivity index (χ3v) is 10.2. The van der Waals surface area contributed by atoms with Crippen LogP contribution in [0.4, 0.5) is 4.79 Å². The van der Waals surface area contributed by atoms with E-state index in [1.54, 1.807) is 6.92 Å². The van der Waals surface area contributed by atoms with Crippen molar-refractivity contribution in [1.29, 1.82) is 0 Å². The number of aliphatic hydroxyl groups excluding tert-OH is 1. The van der Waals surface area contributed by atoms with Gasteiger partial charge in [0.25, 0.3) is 0 Å². The van der Waals surface area contributed by atoms with Gasteiger partial charge >= 0.3 is 17.7 Å². The van der Waals surface area contributed by atoms with E-state index in [4.69, 9.17) is 14.2 Å². The van der Waals surface area contributed by atoms with Gasteiger partial charge in [0.2, 0.25) is 0 Å². The Kier molecular flexibility index (Phi) is 11.8. The molecule has 4 N–H and O–H groups in total. The fourth-order valence-electron chi connectivity index (χ4n) is 7.45. The number of aromatic amines is 1. The number of amides is 2. The summed E-state index contributed by atoms with van der Waals surface area (Å²) in [5.74, 6) is -0.487. The molecular weight excluding hydrogens is 686 g/mol. The average molecular weight is 734 g/mol. The number of imidazole rings is 1. The van der Waals surface area contributed by atoms with Crippen molar-refractivity contribution in [3.05, 3.63) is 130 Å². The SMILES string of the molecule is CCOC(=O)CNC(=O)NCc1cccc(-c2cccc(C3OC(CN4CCC(n5c(=O)[nH]c6ccccc65)CC4)CC(c4ccc(CO)cc4)O3)c2)c1. The van der Waals surface area contributed by atoms with Crippen LogP contribution in [0.1, 0.15) is 66.9 Å². The Labute approximate surface area is 314 Å². The van der Waals surface area contributed by atoms with E-state index in [1.807, 2.05) is 95.6 Å². The number of rotatable bonds is 12. The monoisotopic (exact) mass is 733 g/mol. The summed E-state index contributed by atoms with van der Waals surface area (Å²) >= 11 is 0. The number of H-pyrrole nitrogens is 1. The molecule has 3 unspecified atom stereocenters. The topological polar surface area (TPSA) is 147 Å². The van der Waals surface area contributed by atoms with Crippen LogP contribution < -0.4 is 16.3 Å². The van der Waals surface area contributed by atoms with Crippen molar-refractivity contribution in [2.75, 3.05) is 32.8 Å². The number of nitrogens with one attached hydrogen (secondary N) is 3. The highest BCUT2D eigenvalue weighted by Crippen LogP contribution is 2.39. The summed E-state index contributed by atoms with van der Waals surface area (Å²) in [6.45, 7) is 4.49. The van der Waals surface area contributed by atoms with Gasteiger partial charge in [-0.05, 0) is 71.8 Å². The lowest BCUT2D eigenvalue weighted by molar-refractivity contribution is -0.253. The number of benzene rings is 4. The van der Waals surface area contributed by atoms with E-state index in [0.717, 1.165) is 76.9 Å². The first-order valence-electron chi connectivity index (χ1n) is 18.7. The molecule has 2 amide bonds. The molecule has 5 aromatic rings. The van der Waals surface area contributed by atoms with Crippen LogP contribution in [0, 0.1) is 0 Å². The van der Waals surface area contributed by atoms with E-state index in [2.05, 4.69) is 26.6 Å². The van der Waals surface area contributed by atoms with E-state index >= 15 is 0 Å². The molecule has 12 heteroatoms. The summed E-state index contributed by atoms with van der Waals surface area (Å²) < 4.78 is 20.2. The Morgan fingerprint density at radius 3 is 2.41 bits per heavy atom. The average Bonchev–Trinajstić information content (AvgIpc) is 3.55. The number of esters is 1. The maximum absolute atomic E-state index is 12.9. The number of nitrogens with zero attached hydrogens (tertiary/aromatic N) is 2. The van der Waals surface area contributed by atoms with Gasteiger partial charge in [-0.3, -0.25) is 9.36 Å². The van der Waals surface area contributed by atoms with Crippen molar-refractivity contribution < 1.29 is 28.9 Å². The van der Waals surface area contributed by atoms with Crippen LogP contribution in [0.2, 0.25) is 0 Å². The Morgan fingerprint density at radius 1 is 0.870 bits per heavy atom. The minimum Gasteiger partial charge on any atom is -0.465 e. The van der Waals surface area contributed by atoms with E-state index in [0.29, 0.717) is 6.42 Å². The molecule has 1 aromatic heterocycles. The second-order valence-electron chi connectivity index (χ2n) is 13.9. The maximum Gasteiger partial charge on any atom is 0.326 e. The minimum absolute atomic E-state index is 0.0203. The first kappa shape index (κ1) is 37.1. The third kappa shape index (κ3) is 8.91. The molecule has 3 heterocycles. The zero-order valence-corrected chi connectivity index (χ0v) is 30.4. The first-order chi connectivity index (χ1) is 26.4. The highest BCUT2D eigenvalue weighted by Gasteiger charge is 2.34. The van der Waals surface area contributed by atoms with Crippen LogP contribution >= 0.6 is 0 Å². The lowest BCUT2D eigenvalue weighted by Crippen LogP contribution is -2.43. The number of likely N-dealkylation sites (tertiary alicyclic amines) is 1. The summed E-state index contributed by atoms with van der Waals surface area (Å²) in [5, 5.41) is 14.9. The van der Waals surface area contributed by atoms with Crippen molar-refractivity contribution in [3.8, 4) is 11.1 Å². The van der Waals surface area contributed by atoms with Gasteiger partial charge in [-0.2, -0.15) is 0 Å². The molecule has 54 heavy (non-hydrogen) atoms. The standard InChI is InChI=1S/C42H47N5O7/c1-2-52-39(49)25-44-41(50)43-24-29-7-5-8-31(21-29)32-9-6-10-33(22-32)40-53-35(23-38(54-40)30-15-13-28(27-48)14-16-30)26-46-19-17-34(18-20-46)47-37-12-4-3-11-36(37)45-42(47)51/h3-16,21-22,34-35,38,40,48H,2,17-20,23-27H2,1H3,(H,45,51)(H2,43,44,50). The number of carbonyl (C=O) groups excluding carboxylic acids is 2. The van der Waals surface area contributed by atoms with E-state index in [1.165, 1.54) is 0 Å². The van der Waals surface area contributed by atoms with Gasteiger partial charge in [-0.15, -0.1) is 0 Å². The molecule has 0 aliphatic carbocycles. The molecule has 2 aliphatic heterocycles. The predicted octanol–water partition coefficient (Wildman–Crippen LogP) is 5.73. The molecule has 0 spiro atoms. The number of ether oxygens (including phenoxy) is 3. The normalized spacial score (nSPS) is 19.4. The molecule has 12 nitrogen and oxygen atoms in total. The van der Waals surface area contributed by atoms with Crippen LogP contribution in [-0.2, 0) is 32.2 Å². The predicted molar refractivity (Wildman–Crippen MR) is 204 cm³/mol. The van der Waals surface area contributed by atoms with Gasteiger partial charge in [-0.25, -0.2) is 9.59 Å². The molecule has 0 saturated carbocycles. The number of urea groups is 1. The van der Waals surface area contributed by atoms with E-state index in [9.17, 15) is 19.5 Å². The zero-order chi connectivity index (χ0) is 37.4. The van der Waals surface area contributed by atoms with Crippen molar-refractivity contribution in [1.82, 2.24) is 25.1 Å². The number of hydrogen-bond acceptors (Lipinski definition) is 8. The molecule has 7 rings (SSSR count). The highest BCUT2D eigenvalue weighted by atomic mass is 16.7. The lowest BCUT2D eigenvalue weighted by atomic mass is 9.97. The maximum atomic E-state index is 12.9. The van der Waals surface area contributed by atoms with Crippen molar-refractivity contribution >= 4 is 23.0 Å². The van der Waals surface area contributed by atoms with Crippen LogP contribution in [0.5, 0.6) is 0 Å². The number of carbonyl (C=O) groups is 2. The molecule has 4 aromatic carbocycles. The molecule has 2 fully saturated rings. The van der Waals surface area contributed by atoms with Crippen molar-refractivity contribution in [3.63, 3.8) is 0 Å². The molecule has 2 aliphatic rings. The van der Waals surface area contributed by atoms with Crippen LogP contribution in [-0.4, -0.2) is 70.4 Å². The molecule has 282 valence electrons. The lowest BCUT2D eigenvalue weighted by Gasteiger charge is -2.40. The molecular formula is C42H47N5O7. The second kappa shape index (κ2) is 17.3. The summed E-state index contributed by atoms with van der Waals surface area (Å²) in [6, 6.07) is 31.5. The third-order valence-electron chi connectivity index (χ3n) is 10.2. The number of para-hydroxylation sites is 2. The van der Waals surface area contributed by atoms with Crippen LogP contribution in [0.25, 0.3) is 22.2 Å². The van der Waals surface area contributed by atoms with E-state index < -0.39 is 18.3 Å². The van der Waals surface area contributed by atoms with Gasteiger partial charge in [-0.1, -0.05) is 72.8 Å². The fourth-order valence-corrected chi connectivity index (χ4v) is 7.45. The Hall–Kier alpha value is -5.27. The zero-order valence-electron chi connectivity index (χ0n) is 30.4. The number of aliphatic hydroxyl groups is 1. The summed E-state index contributed by atoms with van der Waals surface area (Å²) in [6.07, 6.45) is 1.49. The van der Waals surface area contributed by atoms with Gasteiger partial charge in [0.05, 0.1) is 36.5 Å². The number of piperidine rings is 1. The van der Waals surface area contributed by atoms with E-state index in [-0.39, 0.29) is 50.2 Å². The molecule has 0 bridgehead atoms. The molecule has 0 radical (unpaired) electrons. The largest absolute Gasteiger partial charge is 0.465 e. The molecule has 3 atom stereocenters. The highest BCUT2D eigenvalue weighted by molar-refractivity contribution is 5.80. The van der Waals surface area contributed by atoms with Gasteiger partial charge < -0.3 is 39.8 Å². The minimum atomic E-state index is -0.610. The fraction of sp³-hybridized carbons (Fsp3) is 0.357. The molecule has 2 saturated heterocycles. The van der Waals surface area contributed by atoms with Gasteiger partial charge in [0, 0.05) is 44.2 Å². The van der Waals surface area contributed by atoms with Crippen molar-refractivity contribution in [2.24, 2.45) is 0 Å². The summed E-state index contributed by atoms with van der Waals surface area (Å²) in [4.78, 5) is 42.1. The van der Waals surface area contributed by atoms with Gasteiger partial charge in [0.15, 0.2) is 6.29 Å². The number of hydrogen-bond donors (Lipinski definition) is 4. The van der Waals surface area contributed by atoms with Crippen LogP contribution in [0.15, 0.2) is 102 Å². The number of fused-ring (bicyclic) bond motifs is 1. The number of aromatic nitrogens is 2. The quantitative estimate of drug-likeness (QED) is 0.119. The smallest absolute Gasteiger partial charge is 0.326 e. The Morgan fingerprint density at radius 2 is 1.63 bits per heavy atom. The summed E-state index contributed by atoms with van der Waals surface area (Å²) in [7, 11) is 0. The Bertz CT molecular complexity index is 2100. The second-order valence-corrected chi connectivity index (χ2v) is 13.9. The summed E-state index contributed by atoms with van der Waals surface area (Å²) in [5.41, 5.74) is 7.40. The van der Waals surface area contributed by atoms with Crippen LogP contribution in [0.3, 0.4) is 0 Å². The Balaban J connectivity index is 1.04. The van der Waals surface area contributed by atoms with Gasteiger partial charge in [0.1, 0.15) is 6.54 Å². The van der Waals surface area contributed by atoms with Crippen molar-refractivity contribution in [2.45, 2.75) is 63.9 Å². The first-order valence-corrected chi connectivity index (χ1v) is 18.7.